The van der Waals surface area contributed by atoms with Crippen molar-refractivity contribution in [1.82, 2.24) is 4.98 Å². The molecule has 1 aromatic rings. The van der Waals surface area contributed by atoms with Crippen molar-refractivity contribution in [1.29, 1.82) is 0 Å². The molecule has 4 rings (SSSR count). The van der Waals surface area contributed by atoms with Crippen LogP contribution in [0.5, 0.6) is 0 Å². The van der Waals surface area contributed by atoms with E-state index >= 15 is 0 Å². The molecule has 0 amide bonds. The molecule has 23 heavy (non-hydrogen) atoms. The highest BCUT2D eigenvalue weighted by Gasteiger charge is 2.61. The predicted molar refractivity (Wildman–Crippen MR) is 90.6 cm³/mol. The van der Waals surface area contributed by atoms with Gasteiger partial charge < -0.3 is 10.4 Å². The summed E-state index contributed by atoms with van der Waals surface area (Å²) in [6.45, 7) is 7.12. The zero-order valence-corrected chi connectivity index (χ0v) is 14.0. The minimum atomic E-state index is -0.907. The molecular weight excluding hydrogens is 288 g/mol. The molecule has 0 saturated heterocycles. The van der Waals surface area contributed by atoms with Crippen LogP contribution in [0.1, 0.15) is 61.6 Å². The van der Waals surface area contributed by atoms with E-state index in [0.717, 1.165) is 35.7 Å². The normalized spacial score (nSPS) is 33.0. The third-order valence-corrected chi connectivity index (χ3v) is 7.14. The average Bonchev–Trinajstić information content (AvgIpc) is 3.10. The number of anilines is 1. The Morgan fingerprint density at radius 1 is 1.39 bits per heavy atom. The predicted octanol–water partition coefficient (Wildman–Crippen LogP) is 3.98. The molecule has 122 valence electrons. The number of nitrogens with one attached hydrogen (secondary N) is 1. The number of aromatic nitrogens is 1. The van der Waals surface area contributed by atoms with Crippen molar-refractivity contribution >= 4 is 17.7 Å². The first-order chi connectivity index (χ1) is 10.8. The van der Waals surface area contributed by atoms with Gasteiger partial charge in [-0.2, -0.15) is 0 Å². The van der Waals surface area contributed by atoms with E-state index in [2.05, 4.69) is 37.1 Å². The quantitative estimate of drug-likeness (QED) is 0.886. The molecule has 2 saturated carbocycles. The molecule has 0 aliphatic heterocycles. The highest BCUT2D eigenvalue weighted by Crippen LogP contribution is 2.66. The smallest absolute Gasteiger partial charge is 0.339 e. The number of nitrogens with zero attached hydrogens (tertiary/aromatic N) is 1. The Kier molecular flexibility index (Phi) is 2.94. The van der Waals surface area contributed by atoms with Crippen LogP contribution in [-0.4, -0.2) is 22.1 Å². The van der Waals surface area contributed by atoms with Crippen LogP contribution in [-0.2, 0) is 6.42 Å². The van der Waals surface area contributed by atoms with Gasteiger partial charge in [0.05, 0.1) is 11.4 Å². The monoisotopic (exact) mass is 312 g/mol. The van der Waals surface area contributed by atoms with Crippen LogP contribution in [0.15, 0.2) is 12.3 Å². The maximum atomic E-state index is 11.7. The van der Waals surface area contributed by atoms with Gasteiger partial charge in [-0.25, -0.2) is 4.79 Å². The summed E-state index contributed by atoms with van der Waals surface area (Å²) in [4.78, 5) is 16.0. The van der Waals surface area contributed by atoms with Gasteiger partial charge >= 0.3 is 5.97 Å². The third-order valence-electron chi connectivity index (χ3n) is 7.14. The fraction of sp³-hybridized carbons (Fsp3) is 0.579. The van der Waals surface area contributed by atoms with Gasteiger partial charge in [-0.3, -0.25) is 4.98 Å². The van der Waals surface area contributed by atoms with Crippen molar-refractivity contribution in [2.45, 2.75) is 52.5 Å². The Morgan fingerprint density at radius 3 is 2.78 bits per heavy atom. The number of carboxylic acid groups (broad SMARTS) is 1. The summed E-state index contributed by atoms with van der Waals surface area (Å²) in [6.07, 6.45) is 10.0. The first-order valence-corrected chi connectivity index (χ1v) is 8.53. The van der Waals surface area contributed by atoms with E-state index in [1.165, 1.54) is 19.0 Å². The fourth-order valence-corrected chi connectivity index (χ4v) is 5.11. The molecule has 3 aliphatic carbocycles. The number of fused-ring (bicyclic) bond motifs is 3. The van der Waals surface area contributed by atoms with E-state index in [1.54, 1.807) is 0 Å². The van der Waals surface area contributed by atoms with E-state index in [9.17, 15) is 9.90 Å². The lowest BCUT2D eigenvalue weighted by Crippen LogP contribution is -2.40. The minimum Gasteiger partial charge on any atom is -0.478 e. The molecule has 4 heteroatoms. The van der Waals surface area contributed by atoms with Gasteiger partial charge in [0, 0.05) is 24.2 Å². The lowest BCUT2D eigenvalue weighted by molar-refractivity contribution is 0.0697. The third kappa shape index (κ3) is 1.84. The first-order valence-electron chi connectivity index (χ1n) is 8.53. The molecule has 0 aromatic carbocycles. The van der Waals surface area contributed by atoms with E-state index in [-0.39, 0.29) is 5.41 Å². The molecule has 1 aromatic heterocycles. The second-order valence-corrected chi connectivity index (χ2v) is 8.13. The van der Waals surface area contributed by atoms with Gasteiger partial charge in [0.1, 0.15) is 5.56 Å². The summed E-state index contributed by atoms with van der Waals surface area (Å²) in [6, 6.07) is 0.329. The Morgan fingerprint density at radius 2 is 2.17 bits per heavy atom. The Labute approximate surface area is 137 Å². The summed E-state index contributed by atoms with van der Waals surface area (Å²) in [5, 5.41) is 13.2. The van der Waals surface area contributed by atoms with E-state index in [4.69, 9.17) is 0 Å². The van der Waals surface area contributed by atoms with Crippen LogP contribution < -0.4 is 5.32 Å². The molecule has 2 N–H and O–H groups in total. The zero-order chi connectivity index (χ0) is 16.4. The summed E-state index contributed by atoms with van der Waals surface area (Å²) in [7, 11) is 0. The Bertz CT molecular complexity index is 722. The average molecular weight is 312 g/mol. The molecule has 1 heterocycles. The van der Waals surface area contributed by atoms with Crippen molar-refractivity contribution in [3.63, 3.8) is 0 Å². The maximum absolute atomic E-state index is 11.7. The van der Waals surface area contributed by atoms with Crippen molar-refractivity contribution < 1.29 is 9.90 Å². The van der Waals surface area contributed by atoms with Crippen LogP contribution in [0.3, 0.4) is 0 Å². The maximum Gasteiger partial charge on any atom is 0.339 e. The van der Waals surface area contributed by atoms with Crippen LogP contribution in [0, 0.1) is 16.7 Å². The fourth-order valence-electron chi connectivity index (χ4n) is 5.11. The van der Waals surface area contributed by atoms with Crippen molar-refractivity contribution in [3.05, 3.63) is 29.1 Å². The van der Waals surface area contributed by atoms with Crippen LogP contribution in [0.25, 0.3) is 6.08 Å². The molecule has 3 aliphatic rings. The molecular formula is C19H24N2O2. The number of carbonyl (C=O) groups is 1. The first kappa shape index (κ1) is 14.7. The van der Waals surface area contributed by atoms with Gasteiger partial charge in [-0.05, 0) is 36.0 Å². The molecule has 3 atom stereocenters. The number of rotatable bonds is 3. The van der Waals surface area contributed by atoms with Crippen LogP contribution in [0.4, 0.5) is 5.69 Å². The SMILES string of the molecule is CC1(C)[C@H]2CC[C@@]1(C)[C@@H](Nc1c(C(=O)O)cnc3c1C=CC3)C2. The lowest BCUT2D eigenvalue weighted by atomic mass is 9.69. The second kappa shape index (κ2) is 4.59. The number of hydrogen-bond acceptors (Lipinski definition) is 3. The van der Waals surface area contributed by atoms with Crippen LogP contribution >= 0.6 is 0 Å². The van der Waals surface area contributed by atoms with Crippen molar-refractivity contribution in [3.8, 4) is 0 Å². The van der Waals surface area contributed by atoms with Gasteiger partial charge in [0.15, 0.2) is 0 Å². The largest absolute Gasteiger partial charge is 0.478 e. The molecule has 2 bridgehead atoms. The van der Waals surface area contributed by atoms with Gasteiger partial charge in [0.2, 0.25) is 0 Å². The number of aromatic carboxylic acids is 1. The highest BCUT2D eigenvalue weighted by atomic mass is 16.4. The van der Waals surface area contributed by atoms with E-state index in [0.29, 0.717) is 17.0 Å². The lowest BCUT2D eigenvalue weighted by Gasteiger charge is -2.40. The topological polar surface area (TPSA) is 62.2 Å². The number of pyridine rings is 1. The molecule has 0 radical (unpaired) electrons. The van der Waals surface area contributed by atoms with Crippen molar-refractivity contribution in [2.75, 3.05) is 5.32 Å². The number of carboxylic acids is 1. The number of allylic oxidation sites excluding steroid dienone is 1. The standard InChI is InChI=1S/C19H24N2O2/c1-18(2)11-7-8-19(18,3)15(9-11)21-16-12-5-4-6-14(12)20-10-13(16)17(22)23/h4-5,10-11,15H,6-9H2,1-3H3,(H,20,21)(H,22,23)/t11-,15-,19-/m0/s1. The summed E-state index contributed by atoms with van der Waals surface area (Å²) in [5.41, 5.74) is 3.52. The molecule has 2 fully saturated rings. The summed E-state index contributed by atoms with van der Waals surface area (Å²) in [5.74, 6) is -0.181. The molecule has 0 unspecified atom stereocenters. The molecule has 4 nitrogen and oxygen atoms in total. The van der Waals surface area contributed by atoms with Gasteiger partial charge in [-0.15, -0.1) is 0 Å². The Hall–Kier alpha value is -1.84. The second-order valence-electron chi connectivity index (χ2n) is 8.13. The summed E-state index contributed by atoms with van der Waals surface area (Å²) >= 11 is 0. The minimum absolute atomic E-state index is 0.214. The van der Waals surface area contributed by atoms with E-state index < -0.39 is 5.97 Å². The number of hydrogen-bond donors (Lipinski definition) is 2. The van der Waals surface area contributed by atoms with E-state index in [1.807, 2.05) is 6.08 Å². The van der Waals surface area contributed by atoms with Crippen LogP contribution in [0.2, 0.25) is 0 Å². The summed E-state index contributed by atoms with van der Waals surface area (Å²) < 4.78 is 0. The van der Waals surface area contributed by atoms with Gasteiger partial charge in [-0.1, -0.05) is 32.9 Å². The Balaban J connectivity index is 1.75. The van der Waals surface area contributed by atoms with Crippen molar-refractivity contribution in [2.24, 2.45) is 16.7 Å². The molecule has 0 spiro atoms. The highest BCUT2D eigenvalue weighted by molar-refractivity contribution is 5.97. The van der Waals surface area contributed by atoms with Gasteiger partial charge in [0.25, 0.3) is 0 Å². The zero-order valence-electron chi connectivity index (χ0n) is 14.0.